The van der Waals surface area contributed by atoms with Crippen molar-refractivity contribution >= 4 is 29.0 Å². The van der Waals surface area contributed by atoms with Gasteiger partial charge in [-0.1, -0.05) is 6.08 Å². The van der Waals surface area contributed by atoms with Crippen LogP contribution in [0.3, 0.4) is 0 Å². The van der Waals surface area contributed by atoms with Crippen LogP contribution in [0.1, 0.15) is 17.1 Å². The maximum Gasteiger partial charge on any atom is 0.293 e. The van der Waals surface area contributed by atoms with Crippen molar-refractivity contribution in [1.29, 1.82) is 0 Å². The SMILES string of the molecule is C=CCN1C(=O)S/C(=C\c2cc(C)oc2C)C1=O. The van der Waals surface area contributed by atoms with Gasteiger partial charge < -0.3 is 4.42 Å². The topological polar surface area (TPSA) is 50.5 Å². The molecule has 0 saturated carbocycles. The highest BCUT2D eigenvalue weighted by Crippen LogP contribution is 2.32. The van der Waals surface area contributed by atoms with E-state index in [1.807, 2.05) is 19.9 Å². The van der Waals surface area contributed by atoms with Crippen LogP contribution in [-0.4, -0.2) is 22.6 Å². The second-order valence-corrected chi connectivity index (χ2v) is 4.94. The van der Waals surface area contributed by atoms with E-state index in [2.05, 4.69) is 6.58 Å². The van der Waals surface area contributed by atoms with Crippen LogP contribution in [0.5, 0.6) is 0 Å². The summed E-state index contributed by atoms with van der Waals surface area (Å²) in [6.07, 6.45) is 3.23. The standard InChI is InChI=1S/C13H13NO3S/c1-4-5-14-12(15)11(18-13(14)16)7-10-6-8(2)17-9(10)3/h4,6-7H,1,5H2,2-3H3/b11-7-. The van der Waals surface area contributed by atoms with Crippen LogP contribution in [0, 0.1) is 13.8 Å². The maximum atomic E-state index is 12.0. The third kappa shape index (κ3) is 2.26. The Kier molecular flexibility index (Phi) is 3.43. The highest BCUT2D eigenvalue weighted by molar-refractivity contribution is 8.18. The number of carbonyl (C=O) groups excluding carboxylic acids is 2. The number of nitrogens with zero attached hydrogens (tertiary/aromatic N) is 1. The molecule has 2 rings (SSSR count). The monoisotopic (exact) mass is 263 g/mol. The van der Waals surface area contributed by atoms with Crippen molar-refractivity contribution in [3.8, 4) is 0 Å². The first-order chi connectivity index (χ1) is 8.52. The minimum Gasteiger partial charge on any atom is -0.466 e. The lowest BCUT2D eigenvalue weighted by Gasteiger charge is -2.07. The molecule has 1 fully saturated rings. The van der Waals surface area contributed by atoms with Crippen LogP contribution in [-0.2, 0) is 4.79 Å². The maximum absolute atomic E-state index is 12.0. The van der Waals surface area contributed by atoms with E-state index in [1.165, 1.54) is 11.0 Å². The first-order valence-electron chi connectivity index (χ1n) is 5.46. The van der Waals surface area contributed by atoms with Gasteiger partial charge in [0, 0.05) is 12.1 Å². The van der Waals surface area contributed by atoms with E-state index in [9.17, 15) is 9.59 Å². The molecule has 0 N–H and O–H groups in total. The molecule has 18 heavy (non-hydrogen) atoms. The quantitative estimate of drug-likeness (QED) is 0.621. The number of aryl methyl sites for hydroxylation is 2. The Morgan fingerprint density at radius 2 is 2.17 bits per heavy atom. The normalized spacial score (nSPS) is 17.9. The third-order valence-corrected chi connectivity index (χ3v) is 3.46. The number of hydrogen-bond donors (Lipinski definition) is 0. The summed E-state index contributed by atoms with van der Waals surface area (Å²) < 4.78 is 5.38. The highest BCUT2D eigenvalue weighted by Gasteiger charge is 2.34. The summed E-state index contributed by atoms with van der Waals surface area (Å²) in [5, 5.41) is -0.260. The zero-order chi connectivity index (χ0) is 13.3. The Hall–Kier alpha value is -1.75. The average Bonchev–Trinajstić information content (AvgIpc) is 2.74. The van der Waals surface area contributed by atoms with Gasteiger partial charge in [0.15, 0.2) is 0 Å². The van der Waals surface area contributed by atoms with Gasteiger partial charge in [0.1, 0.15) is 11.5 Å². The van der Waals surface area contributed by atoms with Crippen LogP contribution in [0.2, 0.25) is 0 Å². The third-order valence-electron chi connectivity index (χ3n) is 2.55. The van der Waals surface area contributed by atoms with Gasteiger partial charge in [0.05, 0.1) is 4.91 Å². The van der Waals surface area contributed by atoms with Crippen molar-refractivity contribution in [2.24, 2.45) is 0 Å². The molecule has 0 radical (unpaired) electrons. The van der Waals surface area contributed by atoms with Gasteiger partial charge in [-0.2, -0.15) is 0 Å². The van der Waals surface area contributed by atoms with E-state index in [1.54, 1.807) is 6.08 Å². The smallest absolute Gasteiger partial charge is 0.293 e. The van der Waals surface area contributed by atoms with Crippen LogP contribution in [0.25, 0.3) is 6.08 Å². The van der Waals surface area contributed by atoms with Crippen LogP contribution in [0.4, 0.5) is 4.79 Å². The molecular formula is C13H13NO3S. The molecular weight excluding hydrogens is 250 g/mol. The molecule has 2 heterocycles. The number of furan rings is 1. The van der Waals surface area contributed by atoms with Gasteiger partial charge in [-0.15, -0.1) is 6.58 Å². The van der Waals surface area contributed by atoms with E-state index in [0.29, 0.717) is 4.91 Å². The molecule has 1 aromatic rings. The molecule has 1 aromatic heterocycles. The fourth-order valence-electron chi connectivity index (χ4n) is 1.72. The molecule has 5 heteroatoms. The Morgan fingerprint density at radius 1 is 1.44 bits per heavy atom. The molecule has 0 atom stereocenters. The van der Waals surface area contributed by atoms with Gasteiger partial charge in [0.2, 0.25) is 0 Å². The summed E-state index contributed by atoms with van der Waals surface area (Å²) >= 11 is 0.944. The minimum absolute atomic E-state index is 0.241. The number of carbonyl (C=O) groups is 2. The van der Waals surface area contributed by atoms with Crippen molar-refractivity contribution in [3.63, 3.8) is 0 Å². The van der Waals surface area contributed by atoms with E-state index < -0.39 is 0 Å². The van der Waals surface area contributed by atoms with Gasteiger partial charge in [-0.3, -0.25) is 14.5 Å². The molecule has 0 unspecified atom stereocenters. The number of amides is 2. The van der Waals surface area contributed by atoms with Crippen LogP contribution < -0.4 is 0 Å². The Morgan fingerprint density at radius 3 is 2.72 bits per heavy atom. The molecule has 0 aromatic carbocycles. The Bertz CT molecular complexity index is 557. The largest absolute Gasteiger partial charge is 0.466 e. The lowest BCUT2D eigenvalue weighted by molar-refractivity contribution is -0.122. The highest BCUT2D eigenvalue weighted by atomic mass is 32.2. The number of rotatable bonds is 3. The summed E-state index contributed by atoms with van der Waals surface area (Å²) in [6.45, 7) is 7.44. The minimum atomic E-state index is -0.275. The van der Waals surface area contributed by atoms with Crippen molar-refractivity contribution in [3.05, 3.63) is 40.7 Å². The van der Waals surface area contributed by atoms with Crippen molar-refractivity contribution < 1.29 is 14.0 Å². The fraction of sp³-hybridized carbons (Fsp3) is 0.231. The average molecular weight is 263 g/mol. The Balaban J connectivity index is 2.30. The summed E-state index contributed by atoms with van der Waals surface area (Å²) in [5.74, 6) is 1.25. The second kappa shape index (κ2) is 4.86. The number of hydrogen-bond acceptors (Lipinski definition) is 4. The molecule has 4 nitrogen and oxygen atoms in total. The van der Waals surface area contributed by atoms with Crippen LogP contribution in [0.15, 0.2) is 28.0 Å². The molecule has 2 amide bonds. The predicted molar refractivity (Wildman–Crippen MR) is 71.1 cm³/mol. The first kappa shape index (κ1) is 12.7. The lowest BCUT2D eigenvalue weighted by atomic mass is 10.2. The zero-order valence-electron chi connectivity index (χ0n) is 10.2. The van der Waals surface area contributed by atoms with Crippen molar-refractivity contribution in [2.75, 3.05) is 6.54 Å². The van der Waals surface area contributed by atoms with Gasteiger partial charge >= 0.3 is 0 Å². The molecule has 1 saturated heterocycles. The van der Waals surface area contributed by atoms with E-state index >= 15 is 0 Å². The molecule has 1 aliphatic rings. The van der Waals surface area contributed by atoms with Gasteiger partial charge in [-0.25, -0.2) is 0 Å². The second-order valence-electron chi connectivity index (χ2n) is 3.95. The van der Waals surface area contributed by atoms with Crippen molar-refractivity contribution in [1.82, 2.24) is 4.90 Å². The van der Waals surface area contributed by atoms with Gasteiger partial charge in [0.25, 0.3) is 11.1 Å². The molecule has 0 bridgehead atoms. The summed E-state index contributed by atoms with van der Waals surface area (Å²) in [4.78, 5) is 25.2. The number of thioether (sulfide) groups is 1. The van der Waals surface area contributed by atoms with E-state index in [0.717, 1.165) is 28.8 Å². The van der Waals surface area contributed by atoms with Crippen molar-refractivity contribution in [2.45, 2.75) is 13.8 Å². The molecule has 0 spiro atoms. The Labute approximate surface area is 109 Å². The first-order valence-corrected chi connectivity index (χ1v) is 6.28. The summed E-state index contributed by atoms with van der Waals surface area (Å²) in [5.41, 5.74) is 0.830. The lowest BCUT2D eigenvalue weighted by Crippen LogP contribution is -2.27. The number of imide groups is 1. The predicted octanol–water partition coefficient (Wildman–Crippen LogP) is 3.12. The molecule has 0 aliphatic carbocycles. The fourth-order valence-corrected chi connectivity index (χ4v) is 2.56. The van der Waals surface area contributed by atoms with Crippen LogP contribution >= 0.6 is 11.8 Å². The summed E-state index contributed by atoms with van der Waals surface area (Å²) in [6, 6.07) is 1.84. The molecule has 1 aliphatic heterocycles. The zero-order valence-corrected chi connectivity index (χ0v) is 11.0. The van der Waals surface area contributed by atoms with E-state index in [4.69, 9.17) is 4.42 Å². The van der Waals surface area contributed by atoms with E-state index in [-0.39, 0.29) is 17.7 Å². The molecule has 94 valence electrons. The summed E-state index contributed by atoms with van der Waals surface area (Å²) in [7, 11) is 0. The van der Waals surface area contributed by atoms with Gasteiger partial charge in [-0.05, 0) is 37.8 Å².